The highest BCUT2D eigenvalue weighted by Crippen LogP contribution is 2.27. The lowest BCUT2D eigenvalue weighted by molar-refractivity contribution is 0.0216. The molecule has 0 saturated carbocycles. The van der Waals surface area contributed by atoms with Crippen LogP contribution in [0, 0.1) is 0 Å². The molecule has 2 aromatic rings. The minimum Gasteiger partial charge on any atom is -0.389 e. The third kappa shape index (κ3) is 1.54. The Labute approximate surface area is 108 Å². The average Bonchev–Trinajstić information content (AvgIpc) is 3.05. The van der Waals surface area contributed by atoms with Gasteiger partial charge in [-0.25, -0.2) is 15.0 Å². The molecule has 4 N–H and O–H groups in total. The van der Waals surface area contributed by atoms with Crippen molar-refractivity contribution in [2.24, 2.45) is 0 Å². The van der Waals surface area contributed by atoms with Crippen LogP contribution < -0.4 is 11.1 Å². The molecule has 2 bridgehead atoms. The SMILES string of the molecule is Nc1ncnc2c1ncn2CC1NC2COC1C2O. The Morgan fingerprint density at radius 3 is 3.11 bits per heavy atom. The fraction of sp³-hybridized carbons (Fsp3) is 0.545. The van der Waals surface area contributed by atoms with Crippen molar-refractivity contribution in [3.05, 3.63) is 12.7 Å². The molecule has 100 valence electrons. The summed E-state index contributed by atoms with van der Waals surface area (Å²) in [5, 5.41) is 13.3. The lowest BCUT2D eigenvalue weighted by Crippen LogP contribution is -2.43. The zero-order valence-corrected chi connectivity index (χ0v) is 10.1. The molecule has 8 heteroatoms. The monoisotopic (exact) mass is 262 g/mol. The van der Waals surface area contributed by atoms with E-state index in [2.05, 4.69) is 20.3 Å². The average molecular weight is 262 g/mol. The Hall–Kier alpha value is -1.77. The molecule has 4 heterocycles. The van der Waals surface area contributed by atoms with Gasteiger partial charge < -0.3 is 25.5 Å². The summed E-state index contributed by atoms with van der Waals surface area (Å²) in [5.74, 6) is 0.376. The van der Waals surface area contributed by atoms with E-state index in [4.69, 9.17) is 10.5 Å². The third-order valence-corrected chi connectivity index (χ3v) is 3.86. The summed E-state index contributed by atoms with van der Waals surface area (Å²) in [6.07, 6.45) is 2.52. The Bertz CT molecular complexity index is 629. The van der Waals surface area contributed by atoms with Gasteiger partial charge in [-0.2, -0.15) is 0 Å². The van der Waals surface area contributed by atoms with Gasteiger partial charge in [0, 0.05) is 6.54 Å². The smallest absolute Gasteiger partial charge is 0.165 e. The highest BCUT2D eigenvalue weighted by molar-refractivity contribution is 5.81. The van der Waals surface area contributed by atoms with E-state index in [-0.39, 0.29) is 18.2 Å². The number of nitrogens with zero attached hydrogens (tertiary/aromatic N) is 4. The van der Waals surface area contributed by atoms with Crippen LogP contribution >= 0.6 is 0 Å². The van der Waals surface area contributed by atoms with Crippen molar-refractivity contribution in [2.45, 2.75) is 30.8 Å². The zero-order chi connectivity index (χ0) is 13.0. The number of ether oxygens (including phenoxy) is 1. The Kier molecular flexibility index (Phi) is 2.25. The van der Waals surface area contributed by atoms with E-state index >= 15 is 0 Å². The van der Waals surface area contributed by atoms with Gasteiger partial charge >= 0.3 is 0 Å². The molecule has 2 fully saturated rings. The summed E-state index contributed by atoms with van der Waals surface area (Å²) in [6.45, 7) is 1.20. The van der Waals surface area contributed by atoms with Gasteiger partial charge in [0.05, 0.1) is 31.1 Å². The highest BCUT2D eigenvalue weighted by Gasteiger charge is 2.48. The van der Waals surface area contributed by atoms with Crippen molar-refractivity contribution >= 4 is 17.0 Å². The lowest BCUT2D eigenvalue weighted by Gasteiger charge is -2.23. The van der Waals surface area contributed by atoms with E-state index in [1.807, 2.05) is 4.57 Å². The second-order valence-electron chi connectivity index (χ2n) is 5.00. The highest BCUT2D eigenvalue weighted by atomic mass is 16.5. The number of anilines is 1. The van der Waals surface area contributed by atoms with Crippen LogP contribution in [0.15, 0.2) is 12.7 Å². The van der Waals surface area contributed by atoms with Gasteiger partial charge in [-0.05, 0) is 0 Å². The fourth-order valence-corrected chi connectivity index (χ4v) is 2.91. The molecule has 4 unspecified atom stereocenters. The van der Waals surface area contributed by atoms with Gasteiger partial charge in [0.1, 0.15) is 17.9 Å². The van der Waals surface area contributed by atoms with Crippen molar-refractivity contribution in [2.75, 3.05) is 12.3 Å². The fourth-order valence-electron chi connectivity index (χ4n) is 2.91. The first-order valence-electron chi connectivity index (χ1n) is 6.21. The molecular formula is C11H14N6O2. The predicted octanol–water partition coefficient (Wildman–Crippen LogP) is -1.49. The van der Waals surface area contributed by atoms with Crippen molar-refractivity contribution in [1.82, 2.24) is 24.8 Å². The molecular weight excluding hydrogens is 248 g/mol. The standard InChI is InChI=1S/C11H14N6O2/c12-10-7-11(14-3-13-10)17(4-15-7)1-5-9-8(18)6(16-5)2-19-9/h3-6,8-9,16,18H,1-2H2,(H2,12,13,14). The van der Waals surface area contributed by atoms with Gasteiger partial charge in [0.2, 0.25) is 0 Å². The van der Waals surface area contributed by atoms with Gasteiger partial charge in [-0.3, -0.25) is 0 Å². The van der Waals surface area contributed by atoms with Crippen molar-refractivity contribution < 1.29 is 9.84 Å². The summed E-state index contributed by atoms with van der Waals surface area (Å²) in [4.78, 5) is 12.3. The first kappa shape index (κ1) is 11.1. The Balaban J connectivity index is 1.64. The number of aromatic nitrogens is 4. The molecule has 2 saturated heterocycles. The molecule has 0 amide bonds. The normalized spacial score (nSPS) is 33.3. The van der Waals surface area contributed by atoms with E-state index in [0.29, 0.717) is 30.1 Å². The number of nitrogen functional groups attached to an aromatic ring is 1. The minimum absolute atomic E-state index is 0.0319. The van der Waals surface area contributed by atoms with Gasteiger partial charge in [0.15, 0.2) is 11.5 Å². The van der Waals surface area contributed by atoms with Crippen LogP contribution in [0.2, 0.25) is 0 Å². The molecule has 4 rings (SSSR count). The van der Waals surface area contributed by atoms with E-state index in [1.165, 1.54) is 6.33 Å². The number of imidazole rings is 1. The van der Waals surface area contributed by atoms with Gasteiger partial charge in [0.25, 0.3) is 0 Å². The van der Waals surface area contributed by atoms with Crippen LogP contribution in [0.1, 0.15) is 0 Å². The molecule has 0 aromatic carbocycles. The minimum atomic E-state index is -0.431. The molecule has 4 atom stereocenters. The molecule has 0 aliphatic carbocycles. The van der Waals surface area contributed by atoms with Crippen molar-refractivity contribution in [3.8, 4) is 0 Å². The number of rotatable bonds is 2. The van der Waals surface area contributed by atoms with E-state index in [9.17, 15) is 5.11 Å². The van der Waals surface area contributed by atoms with Crippen LogP contribution in [0.5, 0.6) is 0 Å². The summed E-state index contributed by atoms with van der Waals surface area (Å²) in [7, 11) is 0. The molecule has 2 aromatic heterocycles. The summed E-state index contributed by atoms with van der Waals surface area (Å²) >= 11 is 0. The van der Waals surface area contributed by atoms with Crippen LogP contribution in [-0.4, -0.2) is 55.5 Å². The first-order chi connectivity index (χ1) is 9.24. The van der Waals surface area contributed by atoms with Crippen LogP contribution in [0.3, 0.4) is 0 Å². The molecule has 2 aliphatic rings. The maximum absolute atomic E-state index is 9.93. The maximum Gasteiger partial charge on any atom is 0.165 e. The topological polar surface area (TPSA) is 111 Å². The maximum atomic E-state index is 9.93. The van der Waals surface area contributed by atoms with E-state index in [0.717, 1.165) is 0 Å². The number of hydrogen-bond acceptors (Lipinski definition) is 7. The Morgan fingerprint density at radius 1 is 1.47 bits per heavy atom. The van der Waals surface area contributed by atoms with Crippen LogP contribution in [-0.2, 0) is 11.3 Å². The number of hydrogen-bond donors (Lipinski definition) is 3. The summed E-state index contributed by atoms with van der Waals surface area (Å²) in [6, 6.07) is 0.0896. The van der Waals surface area contributed by atoms with E-state index in [1.54, 1.807) is 6.33 Å². The molecule has 19 heavy (non-hydrogen) atoms. The number of fused-ring (bicyclic) bond motifs is 3. The summed E-state index contributed by atoms with van der Waals surface area (Å²) in [5.41, 5.74) is 7.06. The first-order valence-corrected chi connectivity index (χ1v) is 6.21. The quantitative estimate of drug-likeness (QED) is 0.604. The van der Waals surface area contributed by atoms with Crippen molar-refractivity contribution in [1.29, 1.82) is 0 Å². The van der Waals surface area contributed by atoms with Gasteiger partial charge in [-0.1, -0.05) is 0 Å². The number of nitrogens with one attached hydrogen (secondary N) is 1. The molecule has 0 radical (unpaired) electrons. The van der Waals surface area contributed by atoms with Crippen LogP contribution in [0.4, 0.5) is 5.82 Å². The molecule has 0 spiro atoms. The number of morpholine rings is 1. The molecule has 2 aliphatic heterocycles. The third-order valence-electron chi connectivity index (χ3n) is 3.86. The van der Waals surface area contributed by atoms with E-state index < -0.39 is 6.10 Å². The predicted molar refractivity (Wildman–Crippen MR) is 66.2 cm³/mol. The zero-order valence-electron chi connectivity index (χ0n) is 10.1. The van der Waals surface area contributed by atoms with Crippen molar-refractivity contribution in [3.63, 3.8) is 0 Å². The lowest BCUT2D eigenvalue weighted by atomic mass is 10.1. The number of aliphatic hydroxyl groups is 1. The second kappa shape index (κ2) is 3.86. The van der Waals surface area contributed by atoms with Gasteiger partial charge in [-0.15, -0.1) is 0 Å². The second-order valence-corrected chi connectivity index (χ2v) is 5.00. The Morgan fingerprint density at radius 2 is 2.37 bits per heavy atom. The molecule has 8 nitrogen and oxygen atoms in total. The summed E-state index contributed by atoms with van der Waals surface area (Å²) < 4.78 is 7.46. The van der Waals surface area contributed by atoms with Crippen LogP contribution in [0.25, 0.3) is 11.2 Å². The largest absolute Gasteiger partial charge is 0.389 e. The number of aliphatic hydroxyl groups excluding tert-OH is 1. The number of nitrogens with two attached hydrogens (primary N) is 1.